The monoisotopic (exact) mass is 173 g/mol. The molecule has 1 heterocycles. The third kappa shape index (κ3) is 2.93. The van der Waals surface area contributed by atoms with Crippen LogP contribution in [0, 0.1) is 0 Å². The summed E-state index contributed by atoms with van der Waals surface area (Å²) in [6, 6.07) is 0.219. The Balaban J connectivity index is 2.18. The molecule has 0 aromatic rings. The molecule has 0 aromatic carbocycles. The number of carbonyl (C=O) groups excluding carboxylic acids is 2. The maximum Gasteiger partial charge on any atom is 0.220 e. The highest BCUT2D eigenvalue weighted by Gasteiger charge is 2.20. The fourth-order valence-electron chi connectivity index (χ4n) is 1.02. The van der Waals surface area contributed by atoms with Gasteiger partial charge in [0.15, 0.2) is 5.12 Å². The molecule has 0 aromatic heterocycles. The van der Waals surface area contributed by atoms with Gasteiger partial charge in [0.1, 0.15) is 0 Å². The number of carbonyl (C=O) groups is 2. The number of hydrogen-bond donors (Lipinski definition) is 1. The summed E-state index contributed by atoms with van der Waals surface area (Å²) in [6.07, 6.45) is 1.49. The highest BCUT2D eigenvalue weighted by molar-refractivity contribution is 8.13. The first kappa shape index (κ1) is 8.59. The summed E-state index contributed by atoms with van der Waals surface area (Å²) in [6.45, 7) is 1.54. The molecule has 1 fully saturated rings. The molecule has 0 saturated carbocycles. The van der Waals surface area contributed by atoms with E-state index < -0.39 is 0 Å². The van der Waals surface area contributed by atoms with E-state index in [-0.39, 0.29) is 17.1 Å². The molecule has 1 atom stereocenters. The predicted molar refractivity (Wildman–Crippen MR) is 44.3 cm³/mol. The van der Waals surface area contributed by atoms with E-state index in [1.807, 2.05) is 0 Å². The maximum atomic E-state index is 10.7. The van der Waals surface area contributed by atoms with Crippen LogP contribution in [0.15, 0.2) is 0 Å². The standard InChI is InChI=1S/C7H11NO2S/c1-5(9)11-4-6-2-3-7(10)8-6/h6H,2-4H2,1H3,(H,8,10)/t6-/m0/s1. The molecule has 0 spiro atoms. The molecule has 1 saturated heterocycles. The van der Waals surface area contributed by atoms with E-state index in [1.165, 1.54) is 11.8 Å². The minimum absolute atomic E-state index is 0.110. The lowest BCUT2D eigenvalue weighted by Crippen LogP contribution is -2.27. The molecular weight excluding hydrogens is 162 g/mol. The van der Waals surface area contributed by atoms with E-state index in [9.17, 15) is 9.59 Å². The smallest absolute Gasteiger partial charge is 0.220 e. The van der Waals surface area contributed by atoms with Gasteiger partial charge in [0.25, 0.3) is 0 Å². The van der Waals surface area contributed by atoms with Gasteiger partial charge in [-0.1, -0.05) is 11.8 Å². The van der Waals surface area contributed by atoms with Gasteiger partial charge in [0, 0.05) is 25.1 Å². The molecule has 1 aliphatic rings. The van der Waals surface area contributed by atoms with E-state index in [1.54, 1.807) is 6.92 Å². The molecule has 0 aliphatic carbocycles. The molecule has 0 radical (unpaired) electrons. The van der Waals surface area contributed by atoms with E-state index in [4.69, 9.17) is 0 Å². The molecule has 0 unspecified atom stereocenters. The lowest BCUT2D eigenvalue weighted by Gasteiger charge is -2.06. The van der Waals surface area contributed by atoms with Gasteiger partial charge in [0.05, 0.1) is 0 Å². The largest absolute Gasteiger partial charge is 0.353 e. The van der Waals surface area contributed by atoms with Crippen molar-refractivity contribution < 1.29 is 9.59 Å². The number of hydrogen-bond acceptors (Lipinski definition) is 3. The topological polar surface area (TPSA) is 46.2 Å². The van der Waals surface area contributed by atoms with E-state index in [0.29, 0.717) is 6.42 Å². The molecule has 62 valence electrons. The first-order valence-electron chi connectivity index (χ1n) is 3.61. The van der Waals surface area contributed by atoms with E-state index in [0.717, 1.165) is 12.2 Å². The Hall–Kier alpha value is -0.510. The van der Waals surface area contributed by atoms with Crippen molar-refractivity contribution in [2.45, 2.75) is 25.8 Å². The van der Waals surface area contributed by atoms with E-state index >= 15 is 0 Å². The quantitative estimate of drug-likeness (QED) is 0.663. The van der Waals surface area contributed by atoms with Gasteiger partial charge in [-0.3, -0.25) is 9.59 Å². The van der Waals surface area contributed by atoms with Gasteiger partial charge in [0.2, 0.25) is 5.91 Å². The van der Waals surface area contributed by atoms with Crippen molar-refractivity contribution in [3.63, 3.8) is 0 Å². The second-order valence-electron chi connectivity index (χ2n) is 2.61. The Morgan fingerprint density at radius 1 is 1.82 bits per heavy atom. The second kappa shape index (κ2) is 3.76. The highest BCUT2D eigenvalue weighted by atomic mass is 32.2. The highest BCUT2D eigenvalue weighted by Crippen LogP contribution is 2.12. The van der Waals surface area contributed by atoms with Gasteiger partial charge in [-0.15, -0.1) is 0 Å². The molecule has 1 N–H and O–H groups in total. The van der Waals surface area contributed by atoms with Gasteiger partial charge >= 0.3 is 0 Å². The minimum atomic E-state index is 0.110. The van der Waals surface area contributed by atoms with Crippen LogP contribution in [-0.4, -0.2) is 22.8 Å². The third-order valence-electron chi connectivity index (χ3n) is 1.57. The molecule has 11 heavy (non-hydrogen) atoms. The summed E-state index contributed by atoms with van der Waals surface area (Å²) in [5.74, 6) is 0.834. The molecule has 0 bridgehead atoms. The number of thioether (sulfide) groups is 1. The molecule has 1 amide bonds. The van der Waals surface area contributed by atoms with Crippen LogP contribution in [0.2, 0.25) is 0 Å². The average molecular weight is 173 g/mol. The molecule has 1 aliphatic heterocycles. The van der Waals surface area contributed by atoms with Crippen LogP contribution >= 0.6 is 11.8 Å². The first-order chi connectivity index (χ1) is 5.18. The van der Waals surface area contributed by atoms with Gasteiger partial charge in [-0.25, -0.2) is 0 Å². The van der Waals surface area contributed by atoms with Gasteiger partial charge < -0.3 is 5.32 Å². The summed E-state index contributed by atoms with van der Waals surface area (Å²) >= 11 is 1.28. The van der Waals surface area contributed by atoms with Gasteiger partial charge in [-0.05, 0) is 6.42 Å². The first-order valence-corrected chi connectivity index (χ1v) is 4.60. The van der Waals surface area contributed by atoms with Crippen molar-refractivity contribution in [1.29, 1.82) is 0 Å². The van der Waals surface area contributed by atoms with Crippen molar-refractivity contribution in [2.75, 3.05) is 5.75 Å². The summed E-state index contributed by atoms with van der Waals surface area (Å²) in [4.78, 5) is 21.2. The fourth-order valence-corrected chi connectivity index (χ4v) is 1.71. The summed E-state index contributed by atoms with van der Waals surface area (Å²) in [5, 5.41) is 2.91. The second-order valence-corrected chi connectivity index (χ2v) is 3.80. The molecule has 4 heteroatoms. The number of nitrogens with one attached hydrogen (secondary N) is 1. The average Bonchev–Trinajstić information content (AvgIpc) is 2.31. The maximum absolute atomic E-state index is 10.7. The van der Waals surface area contributed by atoms with Crippen LogP contribution in [0.4, 0.5) is 0 Å². The number of amides is 1. The van der Waals surface area contributed by atoms with Crippen molar-refractivity contribution in [1.82, 2.24) is 5.32 Å². The fraction of sp³-hybridized carbons (Fsp3) is 0.714. The zero-order valence-electron chi connectivity index (χ0n) is 6.42. The zero-order valence-corrected chi connectivity index (χ0v) is 7.24. The van der Waals surface area contributed by atoms with Crippen molar-refractivity contribution in [2.24, 2.45) is 0 Å². The normalized spacial score (nSPS) is 23.4. The van der Waals surface area contributed by atoms with Crippen LogP contribution in [0.3, 0.4) is 0 Å². The Bertz CT molecular complexity index is 181. The third-order valence-corrected chi connectivity index (χ3v) is 2.55. The Kier molecular flexibility index (Phi) is 2.93. The Morgan fingerprint density at radius 2 is 2.55 bits per heavy atom. The van der Waals surface area contributed by atoms with Crippen LogP contribution < -0.4 is 5.32 Å². The predicted octanol–water partition coefficient (Wildman–Crippen LogP) is 0.545. The van der Waals surface area contributed by atoms with E-state index in [2.05, 4.69) is 5.32 Å². The molecular formula is C7H11NO2S. The van der Waals surface area contributed by atoms with Crippen molar-refractivity contribution in [3.05, 3.63) is 0 Å². The SMILES string of the molecule is CC(=O)SC[C@@H]1CCC(=O)N1. The summed E-state index contributed by atoms with van der Waals surface area (Å²) in [5.41, 5.74) is 0. The van der Waals surface area contributed by atoms with Crippen molar-refractivity contribution in [3.8, 4) is 0 Å². The van der Waals surface area contributed by atoms with Crippen LogP contribution in [-0.2, 0) is 9.59 Å². The lowest BCUT2D eigenvalue weighted by molar-refractivity contribution is -0.119. The molecule has 3 nitrogen and oxygen atoms in total. The van der Waals surface area contributed by atoms with Crippen LogP contribution in [0.1, 0.15) is 19.8 Å². The summed E-state index contributed by atoms with van der Waals surface area (Å²) < 4.78 is 0. The zero-order chi connectivity index (χ0) is 8.27. The van der Waals surface area contributed by atoms with Gasteiger partial charge in [-0.2, -0.15) is 0 Å². The number of rotatable bonds is 2. The van der Waals surface area contributed by atoms with Crippen LogP contribution in [0.5, 0.6) is 0 Å². The Morgan fingerprint density at radius 3 is 3.00 bits per heavy atom. The minimum Gasteiger partial charge on any atom is -0.353 e. The summed E-state index contributed by atoms with van der Waals surface area (Å²) in [7, 11) is 0. The van der Waals surface area contributed by atoms with Crippen molar-refractivity contribution >= 4 is 22.8 Å². The lowest BCUT2D eigenvalue weighted by atomic mass is 10.2. The van der Waals surface area contributed by atoms with Crippen LogP contribution in [0.25, 0.3) is 0 Å². The molecule has 1 rings (SSSR count). The Labute approximate surface area is 69.9 Å².